The topological polar surface area (TPSA) is 37.8 Å². The molecule has 1 N–H and O–H groups in total. The quantitative estimate of drug-likeness (QED) is 0.885. The van der Waals surface area contributed by atoms with Crippen LogP contribution in [0.1, 0.15) is 17.3 Å². The predicted molar refractivity (Wildman–Crippen MR) is 64.4 cm³/mol. The molecular formula is C12H12ClN3. The van der Waals surface area contributed by atoms with Crippen LogP contribution in [0, 0.1) is 0 Å². The summed E-state index contributed by atoms with van der Waals surface area (Å²) in [6.07, 6.45) is 5.30. The average Bonchev–Trinajstić information content (AvgIpc) is 2.34. The number of hydrogen-bond donors (Lipinski definition) is 1. The van der Waals surface area contributed by atoms with E-state index in [4.69, 9.17) is 11.6 Å². The van der Waals surface area contributed by atoms with Gasteiger partial charge in [-0.3, -0.25) is 9.97 Å². The van der Waals surface area contributed by atoms with Crippen LogP contribution in [0.5, 0.6) is 0 Å². The molecule has 4 heteroatoms. The highest BCUT2D eigenvalue weighted by Crippen LogP contribution is 2.25. The molecule has 3 nitrogen and oxygen atoms in total. The largest absolute Gasteiger partial charge is 0.308 e. The molecule has 0 aromatic carbocycles. The molecule has 0 spiro atoms. The minimum absolute atomic E-state index is 0.0256. The number of nitrogens with one attached hydrogen (secondary N) is 1. The van der Waals surface area contributed by atoms with Crippen molar-refractivity contribution in [2.75, 3.05) is 7.05 Å². The minimum atomic E-state index is -0.0256. The van der Waals surface area contributed by atoms with Crippen molar-refractivity contribution in [3.05, 3.63) is 59.1 Å². The lowest BCUT2D eigenvalue weighted by molar-refractivity contribution is 0.668. The Labute approximate surface area is 99.5 Å². The first kappa shape index (κ1) is 11.0. The molecule has 0 aliphatic carbocycles. The fraction of sp³-hybridized carbons (Fsp3) is 0.167. The van der Waals surface area contributed by atoms with Crippen LogP contribution < -0.4 is 5.32 Å². The molecule has 2 heterocycles. The van der Waals surface area contributed by atoms with Gasteiger partial charge < -0.3 is 5.32 Å². The van der Waals surface area contributed by atoms with Crippen molar-refractivity contribution in [1.82, 2.24) is 15.3 Å². The molecule has 1 unspecified atom stereocenters. The van der Waals surface area contributed by atoms with Crippen LogP contribution in [0.15, 0.2) is 42.9 Å². The molecule has 0 saturated carbocycles. The Kier molecular flexibility index (Phi) is 3.49. The van der Waals surface area contributed by atoms with Crippen LogP contribution in [-0.4, -0.2) is 17.0 Å². The smallest absolute Gasteiger partial charge is 0.0804 e. The highest BCUT2D eigenvalue weighted by atomic mass is 35.5. The zero-order chi connectivity index (χ0) is 11.4. The second-order valence-corrected chi connectivity index (χ2v) is 3.79. The van der Waals surface area contributed by atoms with Crippen molar-refractivity contribution in [2.45, 2.75) is 6.04 Å². The van der Waals surface area contributed by atoms with E-state index in [0.29, 0.717) is 5.02 Å². The molecule has 2 aromatic heterocycles. The molecule has 82 valence electrons. The van der Waals surface area contributed by atoms with Crippen LogP contribution in [-0.2, 0) is 0 Å². The molecule has 2 aromatic rings. The van der Waals surface area contributed by atoms with Gasteiger partial charge in [-0.2, -0.15) is 0 Å². The Hall–Kier alpha value is -1.45. The van der Waals surface area contributed by atoms with Gasteiger partial charge in [-0.05, 0) is 30.8 Å². The zero-order valence-corrected chi connectivity index (χ0v) is 9.65. The lowest BCUT2D eigenvalue weighted by Gasteiger charge is -2.16. The van der Waals surface area contributed by atoms with Gasteiger partial charge in [0.15, 0.2) is 0 Å². The molecule has 0 aliphatic heterocycles. The second kappa shape index (κ2) is 5.05. The van der Waals surface area contributed by atoms with Gasteiger partial charge in [-0.15, -0.1) is 0 Å². The summed E-state index contributed by atoms with van der Waals surface area (Å²) in [5, 5.41) is 3.85. The molecule has 16 heavy (non-hydrogen) atoms. The van der Waals surface area contributed by atoms with Gasteiger partial charge in [0.1, 0.15) is 0 Å². The van der Waals surface area contributed by atoms with Gasteiger partial charge in [-0.1, -0.05) is 17.7 Å². The first-order valence-electron chi connectivity index (χ1n) is 5.00. The zero-order valence-electron chi connectivity index (χ0n) is 8.89. The van der Waals surface area contributed by atoms with Crippen LogP contribution in [0.2, 0.25) is 5.02 Å². The summed E-state index contributed by atoms with van der Waals surface area (Å²) in [6.45, 7) is 0. The fourth-order valence-electron chi connectivity index (χ4n) is 1.62. The molecule has 0 amide bonds. The third-order valence-corrected chi connectivity index (χ3v) is 2.69. The van der Waals surface area contributed by atoms with Crippen molar-refractivity contribution in [3.8, 4) is 0 Å². The summed E-state index contributed by atoms with van der Waals surface area (Å²) >= 11 is 6.12. The van der Waals surface area contributed by atoms with Crippen molar-refractivity contribution < 1.29 is 0 Å². The van der Waals surface area contributed by atoms with E-state index in [1.165, 1.54) is 0 Å². The predicted octanol–water partition coefficient (Wildman–Crippen LogP) is 2.44. The first-order valence-corrected chi connectivity index (χ1v) is 5.38. The maximum absolute atomic E-state index is 6.12. The average molecular weight is 234 g/mol. The van der Waals surface area contributed by atoms with Crippen molar-refractivity contribution in [3.63, 3.8) is 0 Å². The Bertz CT molecular complexity index is 459. The summed E-state index contributed by atoms with van der Waals surface area (Å²) in [6, 6.07) is 7.53. The van der Waals surface area contributed by atoms with E-state index in [9.17, 15) is 0 Å². The SMILES string of the molecule is CNC(c1cccnc1)c1ncccc1Cl. The van der Waals surface area contributed by atoms with Gasteiger partial charge in [0, 0.05) is 18.6 Å². The van der Waals surface area contributed by atoms with Gasteiger partial charge >= 0.3 is 0 Å². The first-order chi connectivity index (χ1) is 7.83. The molecule has 0 fully saturated rings. The van der Waals surface area contributed by atoms with Gasteiger partial charge in [0.2, 0.25) is 0 Å². The molecule has 0 radical (unpaired) electrons. The molecule has 2 rings (SSSR count). The lowest BCUT2D eigenvalue weighted by atomic mass is 10.1. The van der Waals surface area contributed by atoms with E-state index in [2.05, 4.69) is 15.3 Å². The Morgan fingerprint density at radius 3 is 2.69 bits per heavy atom. The summed E-state index contributed by atoms with van der Waals surface area (Å²) in [4.78, 5) is 8.40. The Morgan fingerprint density at radius 1 is 1.25 bits per heavy atom. The maximum Gasteiger partial charge on any atom is 0.0804 e. The number of hydrogen-bond acceptors (Lipinski definition) is 3. The third kappa shape index (κ3) is 2.21. The number of rotatable bonds is 3. The van der Waals surface area contributed by atoms with E-state index < -0.39 is 0 Å². The standard InChI is InChI=1S/C12H12ClN3/c1-14-11(9-4-2-6-15-8-9)12-10(13)5-3-7-16-12/h2-8,11,14H,1H3. The minimum Gasteiger partial charge on any atom is -0.308 e. The fourth-order valence-corrected chi connectivity index (χ4v) is 1.85. The van der Waals surface area contributed by atoms with Crippen LogP contribution in [0.25, 0.3) is 0 Å². The monoisotopic (exact) mass is 233 g/mol. The summed E-state index contributed by atoms with van der Waals surface area (Å²) < 4.78 is 0. The van der Waals surface area contributed by atoms with Crippen molar-refractivity contribution >= 4 is 11.6 Å². The summed E-state index contributed by atoms with van der Waals surface area (Å²) in [7, 11) is 1.88. The number of halogens is 1. The molecule has 0 bridgehead atoms. The molecular weight excluding hydrogens is 222 g/mol. The van der Waals surface area contributed by atoms with Crippen molar-refractivity contribution in [1.29, 1.82) is 0 Å². The third-order valence-electron chi connectivity index (χ3n) is 2.37. The van der Waals surface area contributed by atoms with Gasteiger partial charge in [0.25, 0.3) is 0 Å². The van der Waals surface area contributed by atoms with Crippen LogP contribution in [0.3, 0.4) is 0 Å². The van der Waals surface area contributed by atoms with E-state index in [1.807, 2.05) is 37.5 Å². The number of pyridine rings is 2. The summed E-state index contributed by atoms with van der Waals surface area (Å²) in [5.41, 5.74) is 1.87. The summed E-state index contributed by atoms with van der Waals surface area (Å²) in [5.74, 6) is 0. The van der Waals surface area contributed by atoms with E-state index in [-0.39, 0.29) is 6.04 Å². The number of aromatic nitrogens is 2. The van der Waals surface area contributed by atoms with E-state index in [1.54, 1.807) is 12.4 Å². The number of nitrogens with zero attached hydrogens (tertiary/aromatic N) is 2. The van der Waals surface area contributed by atoms with Crippen LogP contribution in [0.4, 0.5) is 0 Å². The lowest BCUT2D eigenvalue weighted by Crippen LogP contribution is -2.19. The molecule has 1 atom stereocenters. The highest BCUT2D eigenvalue weighted by Gasteiger charge is 2.15. The maximum atomic E-state index is 6.12. The van der Waals surface area contributed by atoms with Crippen molar-refractivity contribution in [2.24, 2.45) is 0 Å². The van der Waals surface area contributed by atoms with Gasteiger partial charge in [0.05, 0.1) is 16.8 Å². The molecule has 0 aliphatic rings. The second-order valence-electron chi connectivity index (χ2n) is 3.38. The van der Waals surface area contributed by atoms with E-state index in [0.717, 1.165) is 11.3 Å². The molecule has 0 saturated heterocycles. The van der Waals surface area contributed by atoms with E-state index >= 15 is 0 Å². The highest BCUT2D eigenvalue weighted by molar-refractivity contribution is 6.31. The normalized spacial score (nSPS) is 12.4. The van der Waals surface area contributed by atoms with Crippen LogP contribution >= 0.6 is 11.6 Å². The Morgan fingerprint density at radius 2 is 2.06 bits per heavy atom. The Balaban J connectivity index is 2.41. The van der Waals surface area contributed by atoms with Gasteiger partial charge in [-0.25, -0.2) is 0 Å².